The summed E-state index contributed by atoms with van der Waals surface area (Å²) in [6.45, 7) is 16.8. The summed E-state index contributed by atoms with van der Waals surface area (Å²) in [6, 6.07) is 15.9. The van der Waals surface area contributed by atoms with Crippen LogP contribution < -0.4 is 0 Å². The summed E-state index contributed by atoms with van der Waals surface area (Å²) in [5, 5.41) is 6.40. The minimum atomic E-state index is 0.247. The van der Waals surface area contributed by atoms with Gasteiger partial charge in [-0.1, -0.05) is 58.4 Å². The summed E-state index contributed by atoms with van der Waals surface area (Å²) in [6.07, 6.45) is 4.78. The van der Waals surface area contributed by atoms with E-state index >= 15 is 0 Å². The van der Waals surface area contributed by atoms with Crippen LogP contribution in [0.3, 0.4) is 0 Å². The molecule has 0 aliphatic carbocycles. The van der Waals surface area contributed by atoms with Crippen LogP contribution >= 0.6 is 15.9 Å². The Bertz CT molecular complexity index is 1520. The van der Waals surface area contributed by atoms with Gasteiger partial charge in [0, 0.05) is 37.2 Å². The molecule has 3 heteroatoms. The topological polar surface area (TPSA) is 6.48 Å². The van der Waals surface area contributed by atoms with Crippen molar-refractivity contribution >= 4 is 37.5 Å². The standard InChI is InChI=1S/C34H39BrN2/c1-20-10-9-11-27-14-15-29-28(13-12-21(2)32(29)31(20)27)19-37-17-16-36(8)34(37)30(18-35)33-25(6)23(4)22(3)24(5)26(33)7/h9-17,30,34H,18-19H2,1-8H3. The Labute approximate surface area is 231 Å². The van der Waals surface area contributed by atoms with Crippen LogP contribution in [-0.2, 0) is 6.54 Å². The molecule has 37 heavy (non-hydrogen) atoms. The van der Waals surface area contributed by atoms with Crippen LogP contribution in [-0.4, -0.2) is 28.3 Å². The van der Waals surface area contributed by atoms with Crippen LogP contribution in [0.4, 0.5) is 0 Å². The minimum absolute atomic E-state index is 0.247. The van der Waals surface area contributed by atoms with E-state index in [0.29, 0.717) is 5.92 Å². The average molecular weight is 556 g/mol. The van der Waals surface area contributed by atoms with Gasteiger partial charge in [0.15, 0.2) is 0 Å². The van der Waals surface area contributed by atoms with Crippen LogP contribution in [0.5, 0.6) is 0 Å². The number of hydrogen-bond donors (Lipinski definition) is 0. The third-order valence-corrected chi connectivity index (χ3v) is 9.78. The summed E-state index contributed by atoms with van der Waals surface area (Å²) >= 11 is 3.94. The zero-order valence-electron chi connectivity index (χ0n) is 23.5. The van der Waals surface area contributed by atoms with Gasteiger partial charge >= 0.3 is 0 Å². The van der Waals surface area contributed by atoms with E-state index in [1.165, 1.54) is 71.6 Å². The molecule has 0 amide bonds. The SMILES string of the molecule is Cc1c(C)c(C)c(C(CBr)C2N(C)C=CN2Cc2ccc(C)c3c2ccc2cccc(C)c23)c(C)c1C. The van der Waals surface area contributed by atoms with Crippen molar-refractivity contribution in [2.45, 2.75) is 67.1 Å². The maximum atomic E-state index is 3.94. The Morgan fingerprint density at radius 2 is 1.38 bits per heavy atom. The third kappa shape index (κ3) is 4.16. The van der Waals surface area contributed by atoms with E-state index < -0.39 is 0 Å². The van der Waals surface area contributed by atoms with Crippen LogP contribution in [0.15, 0.2) is 54.9 Å². The molecule has 2 nitrogen and oxygen atoms in total. The Kier molecular flexibility index (Phi) is 6.87. The molecule has 192 valence electrons. The fourth-order valence-electron chi connectivity index (χ4n) is 6.63. The van der Waals surface area contributed by atoms with Gasteiger partial charge in [0.1, 0.15) is 6.17 Å². The van der Waals surface area contributed by atoms with E-state index in [0.717, 1.165) is 11.9 Å². The zero-order chi connectivity index (χ0) is 26.6. The smallest absolute Gasteiger partial charge is 0.108 e. The molecule has 4 aromatic rings. The predicted octanol–water partition coefficient (Wildman–Crippen LogP) is 8.88. The van der Waals surface area contributed by atoms with Gasteiger partial charge in [-0.25, -0.2) is 0 Å². The number of fused-ring (bicyclic) bond motifs is 3. The number of hydrogen-bond acceptors (Lipinski definition) is 2. The van der Waals surface area contributed by atoms with Gasteiger partial charge in [-0.15, -0.1) is 0 Å². The Morgan fingerprint density at radius 3 is 2.05 bits per heavy atom. The first-order valence-corrected chi connectivity index (χ1v) is 14.5. The van der Waals surface area contributed by atoms with Crippen molar-refractivity contribution < 1.29 is 0 Å². The molecule has 1 heterocycles. The number of rotatable bonds is 5. The lowest BCUT2D eigenvalue weighted by molar-refractivity contribution is 0.146. The largest absolute Gasteiger partial charge is 0.359 e. The van der Waals surface area contributed by atoms with Gasteiger partial charge in [0.2, 0.25) is 0 Å². The Balaban J connectivity index is 1.60. The lowest BCUT2D eigenvalue weighted by Crippen LogP contribution is -2.42. The molecule has 5 rings (SSSR count). The Morgan fingerprint density at radius 1 is 0.730 bits per heavy atom. The summed E-state index contributed by atoms with van der Waals surface area (Å²) in [5.41, 5.74) is 12.7. The second-order valence-electron chi connectivity index (χ2n) is 11.1. The molecule has 1 aliphatic heterocycles. The summed E-state index contributed by atoms with van der Waals surface area (Å²) in [4.78, 5) is 4.94. The fraction of sp³-hybridized carbons (Fsp3) is 0.353. The number of halogens is 1. The highest BCUT2D eigenvalue weighted by Gasteiger charge is 2.35. The van der Waals surface area contributed by atoms with Gasteiger partial charge in [-0.2, -0.15) is 0 Å². The summed E-state index contributed by atoms with van der Waals surface area (Å²) in [5.74, 6) is 0.345. The molecular formula is C34H39BrN2. The van der Waals surface area contributed by atoms with Crippen LogP contribution in [0.2, 0.25) is 0 Å². The van der Waals surface area contributed by atoms with E-state index in [2.05, 4.69) is 136 Å². The van der Waals surface area contributed by atoms with Gasteiger partial charge in [-0.3, -0.25) is 0 Å². The van der Waals surface area contributed by atoms with Crippen molar-refractivity contribution in [2.24, 2.45) is 0 Å². The molecule has 0 saturated heterocycles. The second-order valence-corrected chi connectivity index (χ2v) is 11.7. The number of aryl methyl sites for hydroxylation is 2. The first-order valence-electron chi connectivity index (χ1n) is 13.3. The zero-order valence-corrected chi connectivity index (χ0v) is 25.1. The maximum Gasteiger partial charge on any atom is 0.108 e. The molecule has 4 aromatic carbocycles. The minimum Gasteiger partial charge on any atom is -0.359 e. The van der Waals surface area contributed by atoms with Gasteiger partial charge in [0.05, 0.1) is 0 Å². The van der Waals surface area contributed by atoms with Crippen molar-refractivity contribution in [1.82, 2.24) is 9.80 Å². The van der Waals surface area contributed by atoms with Crippen molar-refractivity contribution in [2.75, 3.05) is 12.4 Å². The molecule has 2 atom stereocenters. The molecule has 0 N–H and O–H groups in total. The normalized spacial score (nSPS) is 16.4. The van der Waals surface area contributed by atoms with Crippen LogP contribution in [0.25, 0.3) is 21.5 Å². The molecule has 0 fully saturated rings. The quantitative estimate of drug-likeness (QED) is 0.179. The number of alkyl halides is 1. The third-order valence-electron chi connectivity index (χ3n) is 9.09. The van der Waals surface area contributed by atoms with Gasteiger partial charge in [-0.05, 0) is 120 Å². The van der Waals surface area contributed by atoms with Crippen LogP contribution in [0, 0.1) is 48.5 Å². The van der Waals surface area contributed by atoms with E-state index in [4.69, 9.17) is 0 Å². The van der Waals surface area contributed by atoms with Crippen molar-refractivity contribution in [3.8, 4) is 0 Å². The first kappa shape index (κ1) is 25.9. The highest BCUT2D eigenvalue weighted by atomic mass is 79.9. The van der Waals surface area contributed by atoms with Crippen LogP contribution in [0.1, 0.15) is 56.0 Å². The average Bonchev–Trinajstić information content (AvgIpc) is 3.25. The number of likely N-dealkylation sites (N-methyl/N-ethyl adjacent to an activating group) is 1. The lowest BCUT2D eigenvalue weighted by atomic mass is 9.82. The molecule has 0 spiro atoms. The number of benzene rings is 4. The first-order chi connectivity index (χ1) is 17.6. The van der Waals surface area contributed by atoms with Crippen molar-refractivity contribution in [3.05, 3.63) is 105 Å². The van der Waals surface area contributed by atoms with E-state index in [-0.39, 0.29) is 6.17 Å². The fourth-order valence-corrected chi connectivity index (χ4v) is 7.28. The molecule has 0 radical (unpaired) electrons. The van der Waals surface area contributed by atoms with Crippen molar-refractivity contribution in [1.29, 1.82) is 0 Å². The molecule has 1 aliphatic rings. The summed E-state index contributed by atoms with van der Waals surface area (Å²) in [7, 11) is 2.22. The summed E-state index contributed by atoms with van der Waals surface area (Å²) < 4.78 is 0. The monoisotopic (exact) mass is 554 g/mol. The maximum absolute atomic E-state index is 3.94. The predicted molar refractivity (Wildman–Crippen MR) is 164 cm³/mol. The van der Waals surface area contributed by atoms with Gasteiger partial charge in [0.25, 0.3) is 0 Å². The molecule has 0 aromatic heterocycles. The number of nitrogens with zero attached hydrogens (tertiary/aromatic N) is 2. The molecule has 0 saturated carbocycles. The lowest BCUT2D eigenvalue weighted by Gasteiger charge is -2.38. The van der Waals surface area contributed by atoms with E-state index in [9.17, 15) is 0 Å². The van der Waals surface area contributed by atoms with E-state index in [1.807, 2.05) is 0 Å². The molecular weight excluding hydrogens is 516 g/mol. The van der Waals surface area contributed by atoms with Crippen molar-refractivity contribution in [3.63, 3.8) is 0 Å². The highest BCUT2D eigenvalue weighted by molar-refractivity contribution is 9.09. The highest BCUT2D eigenvalue weighted by Crippen LogP contribution is 2.40. The molecule has 2 unspecified atom stereocenters. The van der Waals surface area contributed by atoms with E-state index in [1.54, 1.807) is 0 Å². The Hall–Kier alpha value is -2.78. The van der Waals surface area contributed by atoms with Gasteiger partial charge < -0.3 is 9.80 Å². The second kappa shape index (κ2) is 9.83. The molecule has 0 bridgehead atoms.